The lowest BCUT2D eigenvalue weighted by Crippen LogP contribution is -2.19. The zero-order chi connectivity index (χ0) is 10.6. The van der Waals surface area contributed by atoms with Crippen molar-refractivity contribution >= 4 is 0 Å². The second-order valence-electron chi connectivity index (χ2n) is 3.76. The zero-order valence-electron chi connectivity index (χ0n) is 9.50. The Balaban J connectivity index is 3.19. The van der Waals surface area contributed by atoms with Crippen LogP contribution in [0.15, 0.2) is 37.0 Å². The van der Waals surface area contributed by atoms with Crippen molar-refractivity contribution in [2.75, 3.05) is 13.1 Å². The molecular formula is C13H23N. The molecule has 0 spiro atoms. The first-order chi connectivity index (χ1) is 6.77. The maximum absolute atomic E-state index is 3.62. The summed E-state index contributed by atoms with van der Waals surface area (Å²) in [6.07, 6.45) is 12.6. The lowest BCUT2D eigenvalue weighted by molar-refractivity contribution is 0.577. The van der Waals surface area contributed by atoms with E-state index in [1.165, 1.54) is 0 Å². The van der Waals surface area contributed by atoms with Crippen LogP contribution in [0.25, 0.3) is 0 Å². The van der Waals surface area contributed by atoms with E-state index in [-0.39, 0.29) is 0 Å². The molecule has 0 bridgehead atoms. The van der Waals surface area contributed by atoms with Crippen LogP contribution in [0.3, 0.4) is 0 Å². The van der Waals surface area contributed by atoms with Gasteiger partial charge in [0.2, 0.25) is 0 Å². The fourth-order valence-corrected chi connectivity index (χ4v) is 1.04. The second-order valence-corrected chi connectivity index (χ2v) is 3.76. The molecule has 0 aromatic rings. The molecule has 0 fully saturated rings. The summed E-state index contributed by atoms with van der Waals surface area (Å²) in [5, 5.41) is 3.37. The van der Waals surface area contributed by atoms with E-state index < -0.39 is 0 Å². The number of allylic oxidation sites excluding steroid dienone is 4. The first-order valence-corrected chi connectivity index (χ1v) is 5.40. The van der Waals surface area contributed by atoms with Gasteiger partial charge < -0.3 is 5.32 Å². The Morgan fingerprint density at radius 1 is 1.14 bits per heavy atom. The molecule has 0 amide bonds. The molecule has 0 saturated carbocycles. The molecule has 0 aromatic carbocycles. The van der Waals surface area contributed by atoms with E-state index in [0.717, 1.165) is 31.8 Å². The average Bonchev–Trinajstić information content (AvgIpc) is 2.15. The van der Waals surface area contributed by atoms with E-state index in [2.05, 4.69) is 44.0 Å². The van der Waals surface area contributed by atoms with Crippen molar-refractivity contribution in [3.05, 3.63) is 37.0 Å². The number of hydrogen-bond donors (Lipinski definition) is 1. The summed E-state index contributed by atoms with van der Waals surface area (Å²) >= 11 is 0. The average molecular weight is 193 g/mol. The molecule has 0 aliphatic rings. The minimum atomic E-state index is 0.735. The van der Waals surface area contributed by atoms with Crippen molar-refractivity contribution in [2.45, 2.75) is 26.7 Å². The van der Waals surface area contributed by atoms with Crippen molar-refractivity contribution in [3.8, 4) is 0 Å². The maximum Gasteiger partial charge on any atom is 0.0135 e. The van der Waals surface area contributed by atoms with E-state index in [4.69, 9.17) is 0 Å². The lowest BCUT2D eigenvalue weighted by atomic mass is 10.2. The van der Waals surface area contributed by atoms with Crippen molar-refractivity contribution < 1.29 is 0 Å². The number of hydrogen-bond acceptors (Lipinski definition) is 1. The van der Waals surface area contributed by atoms with Crippen molar-refractivity contribution in [3.63, 3.8) is 0 Å². The van der Waals surface area contributed by atoms with Crippen molar-refractivity contribution in [1.29, 1.82) is 0 Å². The fourth-order valence-electron chi connectivity index (χ4n) is 1.04. The molecule has 0 rings (SSSR count). The monoisotopic (exact) mass is 193 g/mol. The first kappa shape index (κ1) is 13.2. The molecule has 0 aliphatic heterocycles. The third kappa shape index (κ3) is 11.2. The van der Waals surface area contributed by atoms with Gasteiger partial charge in [0, 0.05) is 6.54 Å². The van der Waals surface area contributed by atoms with Gasteiger partial charge in [-0.1, -0.05) is 50.8 Å². The van der Waals surface area contributed by atoms with E-state index in [1.54, 1.807) is 0 Å². The number of nitrogens with one attached hydrogen (secondary N) is 1. The van der Waals surface area contributed by atoms with Crippen LogP contribution in [0, 0.1) is 5.92 Å². The molecule has 0 atom stereocenters. The molecule has 0 aliphatic carbocycles. The Kier molecular flexibility index (Phi) is 9.66. The minimum Gasteiger partial charge on any atom is -0.313 e. The van der Waals surface area contributed by atoms with E-state index in [9.17, 15) is 0 Å². The minimum absolute atomic E-state index is 0.735. The zero-order valence-corrected chi connectivity index (χ0v) is 9.50. The highest BCUT2D eigenvalue weighted by Gasteiger charge is 1.88. The van der Waals surface area contributed by atoms with Gasteiger partial charge in [0.25, 0.3) is 0 Å². The molecule has 0 heterocycles. The maximum atomic E-state index is 3.62. The first-order valence-electron chi connectivity index (χ1n) is 5.40. The standard InChI is InChI=1S/C13H23N/c1-4-5-6-7-8-9-10-11-14-12-13(2)3/h4-6,9-10,13-14H,1,7-8,11-12H2,2-3H3. The second kappa shape index (κ2) is 10.3. The Morgan fingerprint density at radius 3 is 2.50 bits per heavy atom. The van der Waals surface area contributed by atoms with E-state index in [0.29, 0.717) is 0 Å². The molecule has 1 N–H and O–H groups in total. The Labute approximate surface area is 88.6 Å². The number of unbranched alkanes of at least 4 members (excludes halogenated alkanes) is 1. The molecule has 1 nitrogen and oxygen atoms in total. The van der Waals surface area contributed by atoms with Gasteiger partial charge in [0.15, 0.2) is 0 Å². The Bertz CT molecular complexity index is 178. The van der Waals surface area contributed by atoms with Crippen molar-refractivity contribution in [1.82, 2.24) is 5.32 Å². The molecule has 80 valence electrons. The lowest BCUT2D eigenvalue weighted by Gasteiger charge is -2.03. The molecule has 0 aromatic heterocycles. The van der Waals surface area contributed by atoms with Gasteiger partial charge in [-0.25, -0.2) is 0 Å². The predicted molar refractivity (Wildman–Crippen MR) is 65.4 cm³/mol. The van der Waals surface area contributed by atoms with Crippen LogP contribution in [0.5, 0.6) is 0 Å². The summed E-state index contributed by atoms with van der Waals surface area (Å²) in [5.41, 5.74) is 0. The third-order valence-electron chi connectivity index (χ3n) is 1.75. The van der Waals surface area contributed by atoms with Gasteiger partial charge >= 0.3 is 0 Å². The van der Waals surface area contributed by atoms with Gasteiger partial charge in [-0.15, -0.1) is 0 Å². The third-order valence-corrected chi connectivity index (χ3v) is 1.75. The van der Waals surface area contributed by atoms with Crippen LogP contribution in [0.1, 0.15) is 26.7 Å². The summed E-state index contributed by atoms with van der Waals surface area (Å²) in [6.45, 7) is 10.1. The highest BCUT2D eigenvalue weighted by atomic mass is 14.8. The normalized spacial score (nSPS) is 11.9. The van der Waals surface area contributed by atoms with Crippen LogP contribution in [-0.2, 0) is 0 Å². The largest absolute Gasteiger partial charge is 0.313 e. The summed E-state index contributed by atoms with van der Waals surface area (Å²) < 4.78 is 0. The molecule has 0 radical (unpaired) electrons. The molecule has 0 saturated heterocycles. The quantitative estimate of drug-likeness (QED) is 0.354. The van der Waals surface area contributed by atoms with Gasteiger partial charge in [-0.3, -0.25) is 0 Å². The van der Waals surface area contributed by atoms with Crippen LogP contribution in [-0.4, -0.2) is 13.1 Å². The van der Waals surface area contributed by atoms with Gasteiger partial charge in [-0.2, -0.15) is 0 Å². The molecule has 0 unspecified atom stereocenters. The summed E-state index contributed by atoms with van der Waals surface area (Å²) in [6, 6.07) is 0. The Hall–Kier alpha value is -0.820. The predicted octanol–water partition coefficient (Wildman–Crippen LogP) is 3.31. The van der Waals surface area contributed by atoms with Gasteiger partial charge in [-0.05, 0) is 25.3 Å². The van der Waals surface area contributed by atoms with Crippen LogP contribution in [0.2, 0.25) is 0 Å². The van der Waals surface area contributed by atoms with Gasteiger partial charge in [0.1, 0.15) is 0 Å². The van der Waals surface area contributed by atoms with Gasteiger partial charge in [0.05, 0.1) is 0 Å². The summed E-state index contributed by atoms with van der Waals surface area (Å²) in [4.78, 5) is 0. The topological polar surface area (TPSA) is 12.0 Å². The van der Waals surface area contributed by atoms with Crippen LogP contribution >= 0.6 is 0 Å². The highest BCUT2D eigenvalue weighted by molar-refractivity contribution is 4.98. The summed E-state index contributed by atoms with van der Waals surface area (Å²) in [5.74, 6) is 0.735. The number of rotatable bonds is 8. The van der Waals surface area contributed by atoms with E-state index in [1.807, 2.05) is 12.2 Å². The summed E-state index contributed by atoms with van der Waals surface area (Å²) in [7, 11) is 0. The fraction of sp³-hybridized carbons (Fsp3) is 0.538. The molecular weight excluding hydrogens is 170 g/mol. The highest BCUT2D eigenvalue weighted by Crippen LogP contribution is 1.92. The smallest absolute Gasteiger partial charge is 0.0135 e. The van der Waals surface area contributed by atoms with Crippen LogP contribution in [0.4, 0.5) is 0 Å². The van der Waals surface area contributed by atoms with Crippen molar-refractivity contribution in [2.24, 2.45) is 5.92 Å². The van der Waals surface area contributed by atoms with Crippen LogP contribution < -0.4 is 5.32 Å². The SMILES string of the molecule is C=CC=CCCC=CCNCC(C)C. The Morgan fingerprint density at radius 2 is 1.86 bits per heavy atom. The van der Waals surface area contributed by atoms with E-state index >= 15 is 0 Å². The molecule has 1 heteroatoms. The molecule has 14 heavy (non-hydrogen) atoms.